The van der Waals surface area contributed by atoms with Gasteiger partial charge < -0.3 is 5.11 Å². The van der Waals surface area contributed by atoms with Gasteiger partial charge in [-0.3, -0.25) is 0 Å². The molecule has 4 aliphatic rings. The SMILES string of the molecule is C#C[C@@]1(O)CCC2C3C(C)CC4=C(CCC(=C)C4)C3CC[C@@]21C. The average molecular weight is 310 g/mol. The summed E-state index contributed by atoms with van der Waals surface area (Å²) in [6.07, 6.45) is 14.8. The molecule has 23 heavy (non-hydrogen) atoms. The molecule has 1 heteroatoms. The fourth-order valence-electron chi connectivity index (χ4n) is 6.82. The summed E-state index contributed by atoms with van der Waals surface area (Å²) in [5, 5.41) is 11.0. The van der Waals surface area contributed by atoms with Crippen LogP contribution in [0.15, 0.2) is 23.3 Å². The molecule has 0 aromatic carbocycles. The zero-order chi connectivity index (χ0) is 16.4. The molecule has 6 atom stereocenters. The molecule has 0 amide bonds. The van der Waals surface area contributed by atoms with Crippen LogP contribution in [0.5, 0.6) is 0 Å². The van der Waals surface area contributed by atoms with E-state index in [0.29, 0.717) is 5.92 Å². The number of hydrogen-bond acceptors (Lipinski definition) is 1. The zero-order valence-electron chi connectivity index (χ0n) is 14.7. The Labute approximate surface area is 141 Å². The van der Waals surface area contributed by atoms with Crippen LogP contribution < -0.4 is 0 Å². The van der Waals surface area contributed by atoms with Crippen molar-refractivity contribution in [3.63, 3.8) is 0 Å². The van der Waals surface area contributed by atoms with Crippen molar-refractivity contribution in [1.29, 1.82) is 0 Å². The summed E-state index contributed by atoms with van der Waals surface area (Å²) in [5.74, 6) is 5.57. The molecule has 0 aromatic heterocycles. The van der Waals surface area contributed by atoms with Crippen LogP contribution in [0.4, 0.5) is 0 Å². The normalized spacial score (nSPS) is 49.2. The molecule has 4 unspecified atom stereocenters. The molecule has 0 spiro atoms. The highest BCUT2D eigenvalue weighted by molar-refractivity contribution is 5.33. The number of rotatable bonds is 0. The fraction of sp³-hybridized carbons (Fsp3) is 0.727. The van der Waals surface area contributed by atoms with Gasteiger partial charge in [-0.25, -0.2) is 0 Å². The second kappa shape index (κ2) is 5.00. The van der Waals surface area contributed by atoms with Gasteiger partial charge in [0.25, 0.3) is 0 Å². The van der Waals surface area contributed by atoms with E-state index in [0.717, 1.165) is 43.4 Å². The second-order valence-electron chi connectivity index (χ2n) is 9.03. The smallest absolute Gasteiger partial charge is 0.130 e. The van der Waals surface area contributed by atoms with Crippen molar-refractivity contribution in [3.05, 3.63) is 23.3 Å². The van der Waals surface area contributed by atoms with Crippen LogP contribution in [0, 0.1) is 41.4 Å². The van der Waals surface area contributed by atoms with Crippen molar-refractivity contribution in [2.45, 2.75) is 70.8 Å². The quantitative estimate of drug-likeness (QED) is 0.500. The highest BCUT2D eigenvalue weighted by Gasteiger charge is 2.62. The maximum atomic E-state index is 11.0. The molecule has 0 aliphatic heterocycles. The van der Waals surface area contributed by atoms with Crippen LogP contribution in [-0.2, 0) is 0 Å². The van der Waals surface area contributed by atoms with Gasteiger partial charge in [-0.2, -0.15) is 0 Å². The Morgan fingerprint density at radius 2 is 2.04 bits per heavy atom. The zero-order valence-corrected chi connectivity index (χ0v) is 14.7. The predicted octanol–water partition coefficient (Wildman–Crippen LogP) is 4.87. The first-order chi connectivity index (χ1) is 10.9. The standard InChI is InChI=1S/C22H30O/c1-5-22(23)11-9-19-20-15(3)13-16-12-14(2)6-7-17(16)18(20)8-10-21(19,22)4/h1,15,18-20,23H,2,6-13H2,3-4H3/t15?,18?,19?,20?,21-,22+/m0/s1. The molecular weight excluding hydrogens is 280 g/mol. The molecule has 4 rings (SSSR count). The molecule has 0 heterocycles. The molecule has 0 aromatic rings. The molecule has 1 nitrogen and oxygen atoms in total. The van der Waals surface area contributed by atoms with Crippen molar-refractivity contribution in [1.82, 2.24) is 0 Å². The van der Waals surface area contributed by atoms with E-state index in [-0.39, 0.29) is 5.41 Å². The topological polar surface area (TPSA) is 20.2 Å². The molecule has 2 saturated carbocycles. The predicted molar refractivity (Wildman–Crippen MR) is 94.6 cm³/mol. The van der Waals surface area contributed by atoms with Gasteiger partial charge in [0.15, 0.2) is 0 Å². The van der Waals surface area contributed by atoms with Crippen LogP contribution in [0.1, 0.15) is 65.2 Å². The Hall–Kier alpha value is -1.00. The fourth-order valence-corrected chi connectivity index (χ4v) is 6.82. The van der Waals surface area contributed by atoms with Gasteiger partial charge in [0.05, 0.1) is 0 Å². The minimum Gasteiger partial charge on any atom is -0.377 e. The Morgan fingerprint density at radius 1 is 1.26 bits per heavy atom. The van der Waals surface area contributed by atoms with E-state index >= 15 is 0 Å². The van der Waals surface area contributed by atoms with Crippen molar-refractivity contribution in [2.75, 3.05) is 0 Å². The molecule has 0 bridgehead atoms. The van der Waals surface area contributed by atoms with E-state index in [2.05, 4.69) is 26.3 Å². The summed E-state index contributed by atoms with van der Waals surface area (Å²) >= 11 is 0. The lowest BCUT2D eigenvalue weighted by molar-refractivity contribution is -0.0805. The average Bonchev–Trinajstić information content (AvgIpc) is 2.79. The van der Waals surface area contributed by atoms with E-state index in [1.54, 1.807) is 11.1 Å². The third kappa shape index (κ3) is 1.97. The number of terminal acetylenes is 1. The van der Waals surface area contributed by atoms with Crippen LogP contribution in [0.25, 0.3) is 0 Å². The number of allylic oxidation sites excluding steroid dienone is 3. The van der Waals surface area contributed by atoms with Gasteiger partial charge in [-0.15, -0.1) is 6.42 Å². The monoisotopic (exact) mass is 310 g/mol. The Morgan fingerprint density at radius 3 is 2.78 bits per heavy atom. The van der Waals surface area contributed by atoms with Crippen LogP contribution >= 0.6 is 0 Å². The Balaban J connectivity index is 1.72. The van der Waals surface area contributed by atoms with Crippen LogP contribution in [0.2, 0.25) is 0 Å². The van der Waals surface area contributed by atoms with Crippen LogP contribution in [0.3, 0.4) is 0 Å². The van der Waals surface area contributed by atoms with Gasteiger partial charge in [-0.05, 0) is 75.0 Å². The van der Waals surface area contributed by atoms with Crippen LogP contribution in [-0.4, -0.2) is 10.7 Å². The Kier molecular flexibility index (Phi) is 3.37. The molecular formula is C22H30O. The first-order valence-electron chi connectivity index (χ1n) is 9.47. The highest BCUT2D eigenvalue weighted by atomic mass is 16.3. The summed E-state index contributed by atoms with van der Waals surface area (Å²) in [5.41, 5.74) is 3.96. The van der Waals surface area contributed by atoms with Gasteiger partial charge in [0, 0.05) is 5.41 Å². The summed E-state index contributed by atoms with van der Waals surface area (Å²) in [6.45, 7) is 8.96. The molecule has 124 valence electrons. The van der Waals surface area contributed by atoms with Crippen molar-refractivity contribution in [2.24, 2.45) is 29.1 Å². The van der Waals surface area contributed by atoms with Gasteiger partial charge in [-0.1, -0.05) is 43.1 Å². The minimum atomic E-state index is -0.877. The minimum absolute atomic E-state index is 0.0759. The first-order valence-corrected chi connectivity index (χ1v) is 9.47. The molecule has 0 saturated heterocycles. The number of aliphatic hydroxyl groups is 1. The molecule has 1 N–H and O–H groups in total. The maximum absolute atomic E-state index is 11.0. The van der Waals surface area contributed by atoms with E-state index in [1.165, 1.54) is 31.3 Å². The van der Waals surface area contributed by atoms with E-state index in [9.17, 15) is 5.11 Å². The molecule has 0 radical (unpaired) electrons. The van der Waals surface area contributed by atoms with Gasteiger partial charge >= 0.3 is 0 Å². The van der Waals surface area contributed by atoms with Gasteiger partial charge in [0.1, 0.15) is 5.60 Å². The van der Waals surface area contributed by atoms with E-state index in [4.69, 9.17) is 6.42 Å². The lowest BCUT2D eigenvalue weighted by Crippen LogP contribution is -2.52. The maximum Gasteiger partial charge on any atom is 0.130 e. The molecule has 2 fully saturated rings. The number of fused-ring (bicyclic) bond motifs is 4. The second-order valence-corrected chi connectivity index (χ2v) is 9.03. The van der Waals surface area contributed by atoms with Crippen molar-refractivity contribution >= 4 is 0 Å². The largest absolute Gasteiger partial charge is 0.377 e. The Bertz CT molecular complexity index is 620. The lowest BCUT2D eigenvalue weighted by Gasteiger charge is -2.55. The first kappa shape index (κ1) is 15.5. The third-order valence-electron chi connectivity index (χ3n) is 8.06. The lowest BCUT2D eigenvalue weighted by atomic mass is 9.50. The summed E-state index contributed by atoms with van der Waals surface area (Å²) in [7, 11) is 0. The number of hydrogen-bond donors (Lipinski definition) is 1. The van der Waals surface area contributed by atoms with Gasteiger partial charge in [0.2, 0.25) is 0 Å². The summed E-state index contributed by atoms with van der Waals surface area (Å²) < 4.78 is 0. The highest BCUT2D eigenvalue weighted by Crippen LogP contribution is 2.65. The molecule has 4 aliphatic carbocycles. The van der Waals surface area contributed by atoms with Crippen molar-refractivity contribution in [3.8, 4) is 12.3 Å². The van der Waals surface area contributed by atoms with E-state index in [1.807, 2.05) is 0 Å². The summed E-state index contributed by atoms with van der Waals surface area (Å²) in [4.78, 5) is 0. The van der Waals surface area contributed by atoms with E-state index < -0.39 is 5.60 Å². The third-order valence-corrected chi connectivity index (χ3v) is 8.06. The van der Waals surface area contributed by atoms with Crippen molar-refractivity contribution < 1.29 is 5.11 Å². The summed E-state index contributed by atoms with van der Waals surface area (Å²) in [6, 6.07) is 0.